The molecule has 1 unspecified atom stereocenters. The van der Waals surface area contributed by atoms with Gasteiger partial charge in [-0.05, 0) is 26.0 Å². The molecule has 1 aromatic heterocycles. The van der Waals surface area contributed by atoms with Crippen molar-refractivity contribution in [2.45, 2.75) is 24.3 Å². The van der Waals surface area contributed by atoms with E-state index in [2.05, 4.69) is 4.98 Å². The molecule has 1 atom stereocenters. The van der Waals surface area contributed by atoms with Gasteiger partial charge in [0.25, 0.3) is 5.22 Å². The third-order valence-corrected chi connectivity index (χ3v) is 4.20. The lowest BCUT2D eigenvalue weighted by Gasteiger charge is -2.07. The summed E-state index contributed by atoms with van der Waals surface area (Å²) < 4.78 is 5.64. The minimum Gasteiger partial charge on any atom is -0.431 e. The summed E-state index contributed by atoms with van der Waals surface area (Å²) in [7, 11) is 0. The number of thioether (sulfide) groups is 1. The molecule has 0 saturated carbocycles. The SMILES string of the molecule is Cc1ccc(C(=O)C(C)Sc2nc3ccccc3o2)cc1. The molecule has 3 aromatic rings. The first kappa shape index (κ1) is 13.9. The summed E-state index contributed by atoms with van der Waals surface area (Å²) in [4.78, 5) is 16.8. The molecule has 0 spiro atoms. The van der Waals surface area contributed by atoms with Gasteiger partial charge in [0.1, 0.15) is 5.52 Å². The van der Waals surface area contributed by atoms with Gasteiger partial charge in [-0.2, -0.15) is 0 Å². The highest BCUT2D eigenvalue weighted by atomic mass is 32.2. The van der Waals surface area contributed by atoms with E-state index in [1.54, 1.807) is 0 Å². The number of carbonyl (C=O) groups is 1. The first-order chi connectivity index (χ1) is 10.1. The van der Waals surface area contributed by atoms with Gasteiger partial charge in [0.05, 0.1) is 5.25 Å². The van der Waals surface area contributed by atoms with E-state index in [1.165, 1.54) is 11.8 Å². The van der Waals surface area contributed by atoms with Crippen LogP contribution in [0.2, 0.25) is 0 Å². The zero-order chi connectivity index (χ0) is 14.8. The van der Waals surface area contributed by atoms with Crippen LogP contribution in [0.15, 0.2) is 58.2 Å². The normalized spacial score (nSPS) is 12.5. The zero-order valence-electron chi connectivity index (χ0n) is 11.9. The van der Waals surface area contributed by atoms with Crippen molar-refractivity contribution < 1.29 is 9.21 Å². The number of rotatable bonds is 4. The first-order valence-electron chi connectivity index (χ1n) is 6.76. The topological polar surface area (TPSA) is 43.1 Å². The third-order valence-electron chi connectivity index (χ3n) is 3.26. The quantitative estimate of drug-likeness (QED) is 0.525. The lowest BCUT2D eigenvalue weighted by Crippen LogP contribution is -2.13. The third kappa shape index (κ3) is 3.00. The molecule has 0 radical (unpaired) electrons. The van der Waals surface area contributed by atoms with E-state index in [1.807, 2.05) is 62.4 Å². The molecule has 1 heterocycles. The predicted molar refractivity (Wildman–Crippen MR) is 84.8 cm³/mol. The van der Waals surface area contributed by atoms with Gasteiger partial charge >= 0.3 is 0 Å². The van der Waals surface area contributed by atoms with Crippen molar-refractivity contribution in [1.29, 1.82) is 0 Å². The molecule has 0 amide bonds. The average Bonchev–Trinajstić information content (AvgIpc) is 2.89. The van der Waals surface area contributed by atoms with Gasteiger partial charge in [0.2, 0.25) is 0 Å². The fourth-order valence-electron chi connectivity index (χ4n) is 2.06. The Labute approximate surface area is 127 Å². The molecule has 4 heteroatoms. The highest BCUT2D eigenvalue weighted by Gasteiger charge is 2.19. The van der Waals surface area contributed by atoms with E-state index in [4.69, 9.17) is 4.42 Å². The highest BCUT2D eigenvalue weighted by molar-refractivity contribution is 8.00. The van der Waals surface area contributed by atoms with Crippen molar-refractivity contribution in [2.24, 2.45) is 0 Å². The zero-order valence-corrected chi connectivity index (χ0v) is 12.7. The molecule has 0 aliphatic carbocycles. The smallest absolute Gasteiger partial charge is 0.257 e. The van der Waals surface area contributed by atoms with Crippen molar-refractivity contribution in [2.75, 3.05) is 0 Å². The van der Waals surface area contributed by atoms with Crippen LogP contribution in [0, 0.1) is 6.92 Å². The molecule has 0 N–H and O–H groups in total. The van der Waals surface area contributed by atoms with Gasteiger partial charge in [-0.15, -0.1) is 0 Å². The molecule has 3 rings (SSSR count). The standard InChI is InChI=1S/C17H15NO2S/c1-11-7-9-13(10-8-11)16(19)12(2)21-17-18-14-5-3-4-6-15(14)20-17/h3-10,12H,1-2H3. The minimum absolute atomic E-state index is 0.0854. The monoisotopic (exact) mass is 297 g/mol. The molecule has 0 aliphatic heterocycles. The van der Waals surface area contributed by atoms with Gasteiger partial charge in [-0.1, -0.05) is 53.7 Å². The molecule has 2 aromatic carbocycles. The Bertz CT molecular complexity index is 744. The lowest BCUT2D eigenvalue weighted by atomic mass is 10.1. The molecule has 106 valence electrons. The van der Waals surface area contributed by atoms with Crippen LogP contribution in [0.3, 0.4) is 0 Å². The Morgan fingerprint density at radius 1 is 1.14 bits per heavy atom. The Morgan fingerprint density at radius 3 is 2.57 bits per heavy atom. The fraction of sp³-hybridized carbons (Fsp3) is 0.176. The number of fused-ring (bicyclic) bond motifs is 1. The van der Waals surface area contributed by atoms with Crippen LogP contribution in [0.5, 0.6) is 0 Å². The largest absolute Gasteiger partial charge is 0.431 e. The summed E-state index contributed by atoms with van der Waals surface area (Å²) in [6.07, 6.45) is 0. The van der Waals surface area contributed by atoms with Crippen LogP contribution in [0.25, 0.3) is 11.1 Å². The number of para-hydroxylation sites is 2. The Balaban J connectivity index is 1.77. The van der Waals surface area contributed by atoms with Crippen molar-refractivity contribution in [3.63, 3.8) is 0 Å². The number of Topliss-reactive ketones (excluding diaryl/α,β-unsaturated/α-hetero) is 1. The van der Waals surface area contributed by atoms with Gasteiger partial charge in [0, 0.05) is 5.56 Å². The van der Waals surface area contributed by atoms with Crippen LogP contribution in [-0.4, -0.2) is 16.0 Å². The van der Waals surface area contributed by atoms with Crippen LogP contribution in [0.4, 0.5) is 0 Å². The first-order valence-corrected chi connectivity index (χ1v) is 7.64. The molecule has 0 fully saturated rings. The number of benzene rings is 2. The van der Waals surface area contributed by atoms with Gasteiger partial charge in [0.15, 0.2) is 11.4 Å². The van der Waals surface area contributed by atoms with E-state index < -0.39 is 0 Å². The summed E-state index contributed by atoms with van der Waals surface area (Å²) in [6, 6.07) is 15.2. The maximum absolute atomic E-state index is 12.4. The van der Waals surface area contributed by atoms with Crippen molar-refractivity contribution in [1.82, 2.24) is 4.98 Å². The van der Waals surface area contributed by atoms with E-state index >= 15 is 0 Å². The molecule has 0 bridgehead atoms. The second kappa shape index (κ2) is 5.74. The predicted octanol–water partition coefficient (Wildman–Crippen LogP) is 4.50. The number of aromatic nitrogens is 1. The number of oxazole rings is 1. The van der Waals surface area contributed by atoms with Crippen LogP contribution < -0.4 is 0 Å². The van der Waals surface area contributed by atoms with Crippen LogP contribution in [-0.2, 0) is 0 Å². The second-order valence-electron chi connectivity index (χ2n) is 4.94. The van der Waals surface area contributed by atoms with E-state index in [9.17, 15) is 4.79 Å². The number of aryl methyl sites for hydroxylation is 1. The van der Waals surface area contributed by atoms with Crippen molar-refractivity contribution in [3.05, 3.63) is 59.7 Å². The summed E-state index contributed by atoms with van der Waals surface area (Å²) in [5.74, 6) is 0.0854. The Morgan fingerprint density at radius 2 is 1.86 bits per heavy atom. The molecular formula is C17H15NO2S. The van der Waals surface area contributed by atoms with E-state index in [-0.39, 0.29) is 11.0 Å². The van der Waals surface area contributed by atoms with Crippen LogP contribution in [0.1, 0.15) is 22.8 Å². The second-order valence-corrected chi connectivity index (χ2v) is 6.23. The van der Waals surface area contributed by atoms with Crippen LogP contribution >= 0.6 is 11.8 Å². The maximum atomic E-state index is 12.4. The Kier molecular flexibility index (Phi) is 3.80. The molecule has 21 heavy (non-hydrogen) atoms. The number of hydrogen-bond donors (Lipinski definition) is 0. The number of ketones is 1. The number of carbonyl (C=O) groups excluding carboxylic acids is 1. The lowest BCUT2D eigenvalue weighted by molar-refractivity contribution is 0.0993. The highest BCUT2D eigenvalue weighted by Crippen LogP contribution is 2.28. The minimum atomic E-state index is -0.235. The maximum Gasteiger partial charge on any atom is 0.257 e. The summed E-state index contributed by atoms with van der Waals surface area (Å²) >= 11 is 1.35. The number of hydrogen-bond acceptors (Lipinski definition) is 4. The summed E-state index contributed by atoms with van der Waals surface area (Å²) in [5, 5.41) is 0.296. The van der Waals surface area contributed by atoms with Crippen molar-refractivity contribution in [3.8, 4) is 0 Å². The van der Waals surface area contributed by atoms with Gasteiger partial charge in [-0.25, -0.2) is 4.98 Å². The van der Waals surface area contributed by atoms with Crippen molar-refractivity contribution >= 4 is 28.6 Å². The molecule has 3 nitrogen and oxygen atoms in total. The molecular weight excluding hydrogens is 282 g/mol. The molecule has 0 aliphatic rings. The van der Waals surface area contributed by atoms with Gasteiger partial charge in [-0.3, -0.25) is 4.79 Å². The van der Waals surface area contributed by atoms with E-state index in [0.717, 1.165) is 22.2 Å². The average molecular weight is 297 g/mol. The fourth-order valence-corrected chi connectivity index (χ4v) is 2.89. The summed E-state index contributed by atoms with van der Waals surface area (Å²) in [6.45, 7) is 3.88. The van der Waals surface area contributed by atoms with Gasteiger partial charge < -0.3 is 4.42 Å². The van der Waals surface area contributed by atoms with E-state index in [0.29, 0.717) is 5.22 Å². The molecule has 0 saturated heterocycles. The number of nitrogens with zero attached hydrogens (tertiary/aromatic N) is 1. The Hall–Kier alpha value is -2.07. The summed E-state index contributed by atoms with van der Waals surface area (Å²) in [5.41, 5.74) is 3.42.